The van der Waals surface area contributed by atoms with E-state index in [4.69, 9.17) is 48.0 Å². The maximum absolute atomic E-state index is 12.7. The molecular weight excluding hydrogens is 546 g/mol. The number of esters is 1. The topological polar surface area (TPSA) is 143 Å². The van der Waals surface area contributed by atoms with E-state index in [9.17, 15) is 9.59 Å². The van der Waals surface area contributed by atoms with Crippen LogP contribution in [0.4, 0.5) is 0 Å². The lowest BCUT2D eigenvalue weighted by Crippen LogP contribution is -2.45. The van der Waals surface area contributed by atoms with Crippen LogP contribution in [0, 0.1) is 11.3 Å². The molecular formula is C26H26ClN5O6S. The molecule has 204 valence electrons. The summed E-state index contributed by atoms with van der Waals surface area (Å²) in [6.07, 6.45) is 1.37. The number of para-hydroxylation sites is 1. The maximum atomic E-state index is 12.7. The molecule has 0 bridgehead atoms. The average molecular weight is 572 g/mol. The van der Waals surface area contributed by atoms with Gasteiger partial charge in [0.05, 0.1) is 36.6 Å². The largest absolute Gasteiger partial charge is 0.493 e. The number of nitrogens with zero attached hydrogens (tertiary/aromatic N) is 2. The van der Waals surface area contributed by atoms with Gasteiger partial charge >= 0.3 is 5.97 Å². The summed E-state index contributed by atoms with van der Waals surface area (Å²) in [6, 6.07) is 11.3. The van der Waals surface area contributed by atoms with Gasteiger partial charge in [0.15, 0.2) is 29.8 Å². The molecule has 13 heteroatoms. The molecule has 1 atom stereocenters. The van der Waals surface area contributed by atoms with Gasteiger partial charge < -0.3 is 29.6 Å². The number of methoxy groups -OCH3 is 1. The van der Waals surface area contributed by atoms with Crippen LogP contribution < -0.4 is 30.3 Å². The van der Waals surface area contributed by atoms with Gasteiger partial charge in [-0.15, -0.1) is 0 Å². The summed E-state index contributed by atoms with van der Waals surface area (Å²) in [5, 5.41) is 19.2. The van der Waals surface area contributed by atoms with Crippen molar-refractivity contribution in [2.24, 2.45) is 5.10 Å². The third kappa shape index (κ3) is 7.59. The number of nitrogens with one attached hydrogen (secondary N) is 3. The number of rotatable bonds is 11. The van der Waals surface area contributed by atoms with Crippen LogP contribution in [0.5, 0.6) is 17.2 Å². The number of amides is 1. The quantitative estimate of drug-likeness (QED) is 0.159. The first-order valence-electron chi connectivity index (χ1n) is 11.6. The van der Waals surface area contributed by atoms with Gasteiger partial charge in [0, 0.05) is 11.3 Å². The van der Waals surface area contributed by atoms with Crippen LogP contribution in [0.2, 0.25) is 5.02 Å². The van der Waals surface area contributed by atoms with Crippen molar-refractivity contribution in [1.82, 2.24) is 16.1 Å². The summed E-state index contributed by atoms with van der Waals surface area (Å²) in [5.74, 6) is -0.111. The van der Waals surface area contributed by atoms with Gasteiger partial charge in [0.25, 0.3) is 5.91 Å². The minimum absolute atomic E-state index is 0.191. The summed E-state index contributed by atoms with van der Waals surface area (Å²) in [5.41, 5.74) is 4.42. The van der Waals surface area contributed by atoms with Gasteiger partial charge in [-0.25, -0.2) is 10.2 Å². The molecule has 1 aliphatic rings. The number of ether oxygens (including phenoxy) is 4. The number of benzene rings is 2. The van der Waals surface area contributed by atoms with E-state index in [1.165, 1.54) is 13.3 Å². The lowest BCUT2D eigenvalue weighted by atomic mass is 9.95. The Hall–Kier alpha value is -4.34. The Morgan fingerprint density at radius 1 is 1.26 bits per heavy atom. The number of halogens is 1. The smallest absolute Gasteiger partial charge is 0.338 e. The lowest BCUT2D eigenvalue weighted by molar-refractivity contribution is -0.139. The number of hydrazone groups is 1. The number of carbonyl (C=O) groups excluding carboxylic acids is 2. The molecule has 2 aromatic rings. The number of thiocarbonyl (C=S) groups is 1. The highest BCUT2D eigenvalue weighted by Crippen LogP contribution is 2.36. The van der Waals surface area contributed by atoms with E-state index in [-0.39, 0.29) is 30.6 Å². The van der Waals surface area contributed by atoms with Crippen LogP contribution in [-0.2, 0) is 14.3 Å². The molecule has 0 saturated carbocycles. The first-order chi connectivity index (χ1) is 18.8. The average Bonchev–Trinajstić information content (AvgIpc) is 2.90. The fourth-order valence-corrected chi connectivity index (χ4v) is 4.21. The second-order valence-corrected chi connectivity index (χ2v) is 8.71. The molecule has 0 fully saturated rings. The number of nitriles is 1. The third-order valence-electron chi connectivity index (χ3n) is 5.29. The zero-order valence-electron chi connectivity index (χ0n) is 21.4. The van der Waals surface area contributed by atoms with Crippen molar-refractivity contribution in [2.45, 2.75) is 19.9 Å². The van der Waals surface area contributed by atoms with E-state index in [2.05, 4.69) is 21.2 Å². The Morgan fingerprint density at radius 2 is 2.03 bits per heavy atom. The molecule has 0 radical (unpaired) electrons. The van der Waals surface area contributed by atoms with Crippen LogP contribution >= 0.6 is 23.8 Å². The Morgan fingerprint density at radius 3 is 2.74 bits per heavy atom. The Bertz CT molecular complexity index is 1360. The fourth-order valence-electron chi connectivity index (χ4n) is 3.67. The number of hydrogen-bond donors (Lipinski definition) is 3. The summed E-state index contributed by atoms with van der Waals surface area (Å²) < 4.78 is 21.5. The van der Waals surface area contributed by atoms with Gasteiger partial charge in [-0.1, -0.05) is 29.8 Å². The predicted octanol–water partition coefficient (Wildman–Crippen LogP) is 3.14. The zero-order chi connectivity index (χ0) is 28.4. The van der Waals surface area contributed by atoms with Crippen LogP contribution in [-0.4, -0.2) is 50.1 Å². The second-order valence-electron chi connectivity index (χ2n) is 7.89. The summed E-state index contributed by atoms with van der Waals surface area (Å²) in [6.45, 7) is 3.12. The molecule has 0 saturated heterocycles. The van der Waals surface area contributed by atoms with Gasteiger partial charge in [0.2, 0.25) is 0 Å². The van der Waals surface area contributed by atoms with E-state index >= 15 is 0 Å². The van der Waals surface area contributed by atoms with Crippen molar-refractivity contribution < 1.29 is 28.5 Å². The van der Waals surface area contributed by atoms with Crippen molar-refractivity contribution in [3.05, 3.63) is 63.8 Å². The molecule has 1 heterocycles. The van der Waals surface area contributed by atoms with E-state index in [0.29, 0.717) is 39.0 Å². The van der Waals surface area contributed by atoms with Crippen LogP contribution in [0.3, 0.4) is 0 Å². The van der Waals surface area contributed by atoms with E-state index in [1.54, 1.807) is 50.2 Å². The fraction of sp³-hybridized carbons (Fsp3) is 0.269. The van der Waals surface area contributed by atoms with Gasteiger partial charge in [-0.05, 0) is 49.8 Å². The van der Waals surface area contributed by atoms with Crippen molar-refractivity contribution in [1.29, 1.82) is 5.26 Å². The molecule has 0 spiro atoms. The second kappa shape index (κ2) is 14.0. The first-order valence-corrected chi connectivity index (χ1v) is 12.4. The van der Waals surface area contributed by atoms with E-state index in [0.717, 1.165) is 0 Å². The normalized spacial score (nSPS) is 14.6. The summed E-state index contributed by atoms with van der Waals surface area (Å²) in [4.78, 5) is 25.1. The summed E-state index contributed by atoms with van der Waals surface area (Å²) >= 11 is 11.5. The van der Waals surface area contributed by atoms with Crippen molar-refractivity contribution in [2.75, 3.05) is 26.9 Å². The van der Waals surface area contributed by atoms with Crippen molar-refractivity contribution >= 4 is 47.0 Å². The monoisotopic (exact) mass is 571 g/mol. The zero-order valence-corrected chi connectivity index (χ0v) is 22.9. The number of carbonyl (C=O) groups is 2. The van der Waals surface area contributed by atoms with Crippen molar-refractivity contribution in [3.8, 4) is 23.3 Å². The minimum Gasteiger partial charge on any atom is -0.493 e. The lowest BCUT2D eigenvalue weighted by Gasteiger charge is -2.30. The van der Waals surface area contributed by atoms with Crippen LogP contribution in [0.1, 0.15) is 31.0 Å². The van der Waals surface area contributed by atoms with Gasteiger partial charge in [-0.2, -0.15) is 10.4 Å². The molecule has 0 unspecified atom stereocenters. The molecule has 3 N–H and O–H groups in total. The molecule has 3 rings (SSSR count). The van der Waals surface area contributed by atoms with Crippen molar-refractivity contribution in [3.63, 3.8) is 0 Å². The Balaban J connectivity index is 1.69. The van der Waals surface area contributed by atoms with Crippen LogP contribution in [0.25, 0.3) is 0 Å². The highest BCUT2D eigenvalue weighted by molar-refractivity contribution is 7.80. The van der Waals surface area contributed by atoms with Gasteiger partial charge in [0.1, 0.15) is 11.8 Å². The molecule has 0 aliphatic carbocycles. The molecule has 39 heavy (non-hydrogen) atoms. The van der Waals surface area contributed by atoms with E-state index < -0.39 is 17.9 Å². The predicted molar refractivity (Wildman–Crippen MR) is 148 cm³/mol. The highest BCUT2D eigenvalue weighted by atomic mass is 35.5. The molecule has 1 aliphatic heterocycles. The number of hydrogen-bond acceptors (Lipinski definition) is 9. The molecule has 0 aromatic heterocycles. The first kappa shape index (κ1) is 29.2. The minimum atomic E-state index is -0.644. The molecule has 2 aromatic carbocycles. The molecule has 1 amide bonds. The SMILES string of the molecule is CCOC(=O)C1=C(C)NC(=S)N[C@@H]1c1ccccc1OCC(=O)NN=Cc1cc(Cl)c(OCC#N)c(OC)c1. The summed E-state index contributed by atoms with van der Waals surface area (Å²) in [7, 11) is 1.43. The van der Waals surface area contributed by atoms with E-state index in [1.807, 2.05) is 6.07 Å². The van der Waals surface area contributed by atoms with Gasteiger partial charge in [-0.3, -0.25) is 4.79 Å². The number of allylic oxidation sites excluding steroid dienone is 1. The van der Waals surface area contributed by atoms with Crippen LogP contribution in [0.15, 0.2) is 52.8 Å². The Kier molecular flexibility index (Phi) is 10.5. The standard InChI is InChI=1S/C26H26ClN5O6S/c1-4-36-25(34)22-15(2)30-26(39)31-23(22)17-7-5-6-8-19(17)38-14-21(33)32-29-13-16-11-18(27)24(37-10-9-28)20(12-16)35-3/h5-8,11-13,23H,4,10,14H2,1-3H3,(H,32,33)(H2,30,31,39)/t23-/m1/s1. The molecule has 11 nitrogen and oxygen atoms in total. The third-order valence-corrected chi connectivity index (χ3v) is 5.79. The highest BCUT2D eigenvalue weighted by Gasteiger charge is 2.32. The maximum Gasteiger partial charge on any atom is 0.338 e. The Labute approximate surface area is 235 Å².